The number of hydrogen-bond acceptors (Lipinski definition) is 6. The van der Waals surface area contributed by atoms with Gasteiger partial charge in [-0.1, -0.05) is 72.8 Å². The lowest BCUT2D eigenvalue weighted by atomic mass is 9.51. The summed E-state index contributed by atoms with van der Waals surface area (Å²) in [6, 6.07) is 0. The van der Waals surface area contributed by atoms with Crippen molar-refractivity contribution >= 4 is 17.5 Å². The standard InChI is InChI=1S/C28H35NO6/c1-16-9-10-19(30)14-23(32)29-15-17(2)7-5-4-6-8-18(3)24-20-11-12-22(31)26(33)28(35)27(34)25(20)21(24)13-16/h4-13,17,20-22,24-26,28,31,33,35H,14-15H2,1-3H3,(H,29,32). The molecule has 2 aliphatic carbocycles. The van der Waals surface area contributed by atoms with E-state index in [1.165, 1.54) is 12.2 Å². The molecule has 7 heteroatoms. The summed E-state index contributed by atoms with van der Waals surface area (Å²) in [5, 5.41) is 33.4. The number of nitrogens with one attached hydrogen (secondary N) is 1. The van der Waals surface area contributed by atoms with Crippen molar-refractivity contribution in [3.05, 3.63) is 71.9 Å². The number of hydrogen-bond donors (Lipinski definition) is 4. The van der Waals surface area contributed by atoms with Gasteiger partial charge in [-0.3, -0.25) is 14.4 Å². The van der Waals surface area contributed by atoms with E-state index in [1.807, 2.05) is 57.2 Å². The number of allylic oxidation sites excluding steroid dienone is 10. The first-order valence-corrected chi connectivity index (χ1v) is 12.0. The molecule has 35 heavy (non-hydrogen) atoms. The van der Waals surface area contributed by atoms with Crippen molar-refractivity contribution in [3.8, 4) is 0 Å². The molecule has 0 aromatic rings. The third kappa shape index (κ3) is 6.42. The lowest BCUT2D eigenvalue weighted by molar-refractivity contribution is -0.151. The number of rotatable bonds is 0. The van der Waals surface area contributed by atoms with Gasteiger partial charge >= 0.3 is 0 Å². The van der Waals surface area contributed by atoms with Gasteiger partial charge in [-0.2, -0.15) is 0 Å². The van der Waals surface area contributed by atoms with Crippen LogP contribution in [0.3, 0.4) is 0 Å². The van der Waals surface area contributed by atoms with E-state index in [-0.39, 0.29) is 41.8 Å². The van der Waals surface area contributed by atoms with E-state index in [2.05, 4.69) is 5.32 Å². The molecular formula is C28H35NO6. The molecule has 7 nitrogen and oxygen atoms in total. The average molecular weight is 482 g/mol. The minimum absolute atomic E-state index is 0.0638. The minimum Gasteiger partial charge on any atom is -0.387 e. The van der Waals surface area contributed by atoms with Crippen LogP contribution in [0, 0.1) is 29.6 Å². The Hall–Kier alpha value is -2.87. The van der Waals surface area contributed by atoms with Crippen LogP contribution in [-0.4, -0.2) is 57.6 Å². The van der Waals surface area contributed by atoms with Crippen molar-refractivity contribution in [3.63, 3.8) is 0 Å². The maximum Gasteiger partial charge on any atom is 0.227 e. The first-order valence-electron chi connectivity index (χ1n) is 12.0. The highest BCUT2D eigenvalue weighted by Gasteiger charge is 2.54. The van der Waals surface area contributed by atoms with Gasteiger partial charge in [0.15, 0.2) is 11.6 Å². The molecule has 1 fully saturated rings. The lowest BCUT2D eigenvalue weighted by Gasteiger charge is -2.51. The summed E-state index contributed by atoms with van der Waals surface area (Å²) in [6.45, 7) is 6.21. The Balaban J connectivity index is 2.00. The number of carbonyl (C=O) groups excluding carboxylic acids is 3. The quantitative estimate of drug-likeness (QED) is 0.310. The Labute approximate surface area is 206 Å². The van der Waals surface area contributed by atoms with Gasteiger partial charge in [-0.25, -0.2) is 0 Å². The van der Waals surface area contributed by atoms with E-state index >= 15 is 0 Å². The second-order valence-electron chi connectivity index (χ2n) is 9.77. The Kier molecular flexibility index (Phi) is 8.94. The maximum atomic E-state index is 13.1. The highest BCUT2D eigenvalue weighted by atomic mass is 16.4. The van der Waals surface area contributed by atoms with Crippen molar-refractivity contribution in [1.29, 1.82) is 0 Å². The summed E-state index contributed by atoms with van der Waals surface area (Å²) in [4.78, 5) is 37.4. The van der Waals surface area contributed by atoms with Gasteiger partial charge in [0.05, 0.1) is 6.42 Å². The van der Waals surface area contributed by atoms with Crippen LogP contribution in [-0.2, 0) is 14.4 Å². The number of ketones is 2. The number of carbonyl (C=O) groups is 3. The topological polar surface area (TPSA) is 124 Å². The fourth-order valence-electron chi connectivity index (χ4n) is 5.00. The fourth-order valence-corrected chi connectivity index (χ4v) is 5.00. The maximum absolute atomic E-state index is 13.1. The van der Waals surface area contributed by atoms with Gasteiger partial charge in [-0.05, 0) is 43.6 Å². The van der Waals surface area contributed by atoms with Gasteiger partial charge in [0, 0.05) is 12.5 Å². The molecule has 1 amide bonds. The van der Waals surface area contributed by atoms with Gasteiger partial charge in [0.25, 0.3) is 0 Å². The van der Waals surface area contributed by atoms with E-state index in [0.29, 0.717) is 6.54 Å². The highest BCUT2D eigenvalue weighted by molar-refractivity contribution is 6.03. The molecule has 0 spiro atoms. The summed E-state index contributed by atoms with van der Waals surface area (Å²) >= 11 is 0. The summed E-state index contributed by atoms with van der Waals surface area (Å²) < 4.78 is 0. The fraction of sp³-hybridized carbons (Fsp3) is 0.464. The van der Waals surface area contributed by atoms with Gasteiger partial charge < -0.3 is 20.6 Å². The number of Topliss-reactive ketones (excluding diaryl/α,β-unsaturated/α-hetero) is 1. The normalized spacial score (nSPS) is 36.9. The Morgan fingerprint density at radius 2 is 1.63 bits per heavy atom. The first-order chi connectivity index (χ1) is 16.6. The molecule has 8 atom stereocenters. The lowest BCUT2D eigenvalue weighted by Crippen LogP contribution is -2.56. The zero-order valence-corrected chi connectivity index (χ0v) is 20.4. The summed E-state index contributed by atoms with van der Waals surface area (Å²) in [5.74, 6) is -2.21. The monoisotopic (exact) mass is 481 g/mol. The molecule has 1 heterocycles. The van der Waals surface area contributed by atoms with Crippen LogP contribution in [0.2, 0.25) is 0 Å². The molecule has 1 saturated carbocycles. The van der Waals surface area contributed by atoms with Crippen LogP contribution in [0.4, 0.5) is 0 Å². The van der Waals surface area contributed by atoms with Crippen molar-refractivity contribution < 1.29 is 29.7 Å². The predicted octanol–water partition coefficient (Wildman–Crippen LogP) is 1.97. The third-order valence-electron chi connectivity index (χ3n) is 6.97. The number of aliphatic hydroxyl groups excluding tert-OH is 3. The van der Waals surface area contributed by atoms with Crippen molar-refractivity contribution in [2.45, 2.75) is 45.5 Å². The smallest absolute Gasteiger partial charge is 0.227 e. The largest absolute Gasteiger partial charge is 0.387 e. The molecule has 1 aliphatic heterocycles. The van der Waals surface area contributed by atoms with E-state index < -0.39 is 30.0 Å². The van der Waals surface area contributed by atoms with Crippen LogP contribution in [0.5, 0.6) is 0 Å². The zero-order chi connectivity index (χ0) is 25.7. The van der Waals surface area contributed by atoms with Gasteiger partial charge in [0.1, 0.15) is 18.3 Å². The molecule has 3 rings (SSSR count). The molecule has 0 saturated heterocycles. The van der Waals surface area contributed by atoms with Crippen molar-refractivity contribution in [1.82, 2.24) is 5.32 Å². The molecule has 4 N–H and O–H groups in total. The Morgan fingerprint density at radius 1 is 0.886 bits per heavy atom. The molecule has 188 valence electrons. The van der Waals surface area contributed by atoms with E-state index in [0.717, 1.165) is 11.1 Å². The van der Waals surface area contributed by atoms with Crippen LogP contribution in [0.25, 0.3) is 0 Å². The van der Waals surface area contributed by atoms with E-state index in [9.17, 15) is 29.7 Å². The number of fused-ring (bicyclic) bond motifs is 4. The zero-order valence-electron chi connectivity index (χ0n) is 20.4. The third-order valence-corrected chi connectivity index (χ3v) is 6.97. The molecular weight excluding hydrogens is 446 g/mol. The Bertz CT molecular complexity index is 1020. The average Bonchev–Trinajstić information content (AvgIpc) is 2.80. The van der Waals surface area contributed by atoms with E-state index in [1.54, 1.807) is 12.2 Å². The number of amides is 1. The first kappa shape index (κ1) is 26.7. The predicted molar refractivity (Wildman–Crippen MR) is 133 cm³/mol. The van der Waals surface area contributed by atoms with Gasteiger partial charge in [-0.15, -0.1) is 0 Å². The second-order valence-corrected chi connectivity index (χ2v) is 9.77. The highest BCUT2D eigenvalue weighted by Crippen LogP contribution is 2.53. The van der Waals surface area contributed by atoms with Crippen molar-refractivity contribution in [2.24, 2.45) is 29.6 Å². The van der Waals surface area contributed by atoms with Crippen molar-refractivity contribution in [2.75, 3.05) is 6.54 Å². The molecule has 3 aliphatic rings. The summed E-state index contributed by atoms with van der Waals surface area (Å²) in [7, 11) is 0. The van der Waals surface area contributed by atoms with Crippen LogP contribution in [0.1, 0.15) is 27.2 Å². The van der Waals surface area contributed by atoms with Gasteiger partial charge in [0.2, 0.25) is 5.91 Å². The molecule has 0 aromatic heterocycles. The second kappa shape index (κ2) is 11.7. The van der Waals surface area contributed by atoms with Crippen LogP contribution in [0.15, 0.2) is 71.9 Å². The minimum atomic E-state index is -1.68. The summed E-state index contributed by atoms with van der Waals surface area (Å²) in [5.41, 5.74) is 1.79. The number of aliphatic hydroxyl groups is 3. The Morgan fingerprint density at radius 3 is 2.37 bits per heavy atom. The molecule has 8 unspecified atom stereocenters. The molecule has 0 aromatic carbocycles. The van der Waals surface area contributed by atoms with E-state index in [4.69, 9.17) is 0 Å². The molecule has 0 bridgehead atoms. The van der Waals surface area contributed by atoms with Crippen LogP contribution >= 0.6 is 0 Å². The summed E-state index contributed by atoms with van der Waals surface area (Å²) in [6.07, 6.45) is 12.9. The SMILES string of the molecule is CC1=CC2C3C(=O)C(O)C(O)C(O)C=CC3C2C(C)=CC=CC=CC(C)CNC(=O)CC(=O)C=C1. The van der Waals surface area contributed by atoms with Crippen LogP contribution < -0.4 is 5.32 Å². The molecule has 0 radical (unpaired) electrons.